The molecule has 1 aliphatic heterocycles. The molecule has 0 aromatic heterocycles. The number of hydrazone groups is 1. The zero-order valence-corrected chi connectivity index (χ0v) is 20.1. The highest BCUT2D eigenvalue weighted by atomic mass is 16.5. The van der Waals surface area contributed by atoms with Gasteiger partial charge in [-0.1, -0.05) is 84.9 Å². The van der Waals surface area contributed by atoms with Crippen molar-refractivity contribution in [3.63, 3.8) is 0 Å². The number of ketones is 1. The fraction of sp³-hybridized carbons (Fsp3) is 0.200. The van der Waals surface area contributed by atoms with E-state index in [2.05, 4.69) is 5.10 Å². The Hall–Kier alpha value is -4.32. The Bertz CT molecular complexity index is 1370. The van der Waals surface area contributed by atoms with Crippen LogP contribution in [0.25, 0.3) is 5.57 Å². The van der Waals surface area contributed by atoms with E-state index in [1.165, 1.54) is 5.01 Å². The van der Waals surface area contributed by atoms with Gasteiger partial charge in [0.15, 0.2) is 5.78 Å². The van der Waals surface area contributed by atoms with Gasteiger partial charge >= 0.3 is 5.97 Å². The van der Waals surface area contributed by atoms with Crippen molar-refractivity contribution in [2.45, 2.75) is 13.8 Å². The number of hydrogen-bond donors (Lipinski definition) is 0. The quantitative estimate of drug-likeness (QED) is 0.362. The van der Waals surface area contributed by atoms with Crippen molar-refractivity contribution in [2.75, 3.05) is 11.6 Å². The summed E-state index contributed by atoms with van der Waals surface area (Å²) < 4.78 is 5.41. The normalized spacial score (nSPS) is 22.9. The molecule has 3 aromatic carbocycles. The predicted octanol–water partition coefficient (Wildman–Crippen LogP) is 5.17. The zero-order chi connectivity index (χ0) is 25.3. The predicted molar refractivity (Wildman–Crippen MR) is 138 cm³/mol. The second kappa shape index (κ2) is 9.38. The van der Waals surface area contributed by atoms with Gasteiger partial charge < -0.3 is 4.74 Å². The fourth-order valence-electron chi connectivity index (χ4n) is 5.38. The second-order valence-electron chi connectivity index (χ2n) is 8.88. The van der Waals surface area contributed by atoms with Gasteiger partial charge in [-0.25, -0.2) is 0 Å². The number of esters is 1. The summed E-state index contributed by atoms with van der Waals surface area (Å²) in [4.78, 5) is 41.9. The van der Waals surface area contributed by atoms with Crippen LogP contribution in [-0.2, 0) is 14.3 Å². The first kappa shape index (κ1) is 23.4. The van der Waals surface area contributed by atoms with Crippen LogP contribution in [0.3, 0.4) is 0 Å². The number of rotatable bonds is 6. The van der Waals surface area contributed by atoms with E-state index < -0.39 is 23.2 Å². The van der Waals surface area contributed by atoms with Gasteiger partial charge in [0.2, 0.25) is 0 Å². The number of Topliss-reactive ketones (excluding diaryl/α,β-unsaturated/α-hetero) is 1. The minimum atomic E-state index is -1.46. The molecule has 1 aliphatic carbocycles. The number of anilines is 1. The molecule has 2 aliphatic rings. The largest absolute Gasteiger partial charge is 0.466 e. The molecule has 1 heterocycles. The number of ether oxygens (including phenoxy) is 1. The Kier molecular flexibility index (Phi) is 6.10. The molecule has 3 aromatic rings. The Morgan fingerprint density at radius 1 is 0.917 bits per heavy atom. The average Bonchev–Trinajstić information content (AvgIpc) is 3.41. The highest BCUT2D eigenvalue weighted by Crippen LogP contribution is 2.57. The molecule has 0 radical (unpaired) electrons. The molecular weight excluding hydrogens is 452 g/mol. The van der Waals surface area contributed by atoms with Crippen molar-refractivity contribution >= 4 is 34.6 Å². The van der Waals surface area contributed by atoms with Gasteiger partial charge in [0.1, 0.15) is 5.41 Å². The van der Waals surface area contributed by atoms with E-state index in [9.17, 15) is 14.4 Å². The summed E-state index contributed by atoms with van der Waals surface area (Å²) in [6, 6.07) is 27.3. The minimum Gasteiger partial charge on any atom is -0.466 e. The number of benzene rings is 3. The summed E-state index contributed by atoms with van der Waals surface area (Å²) in [5.41, 5.74) is 1.39. The van der Waals surface area contributed by atoms with Crippen LogP contribution in [0.5, 0.6) is 0 Å². The first-order valence-electron chi connectivity index (χ1n) is 12.0. The van der Waals surface area contributed by atoms with E-state index in [1.807, 2.05) is 54.6 Å². The van der Waals surface area contributed by atoms with Crippen LogP contribution in [0.4, 0.5) is 5.69 Å². The lowest BCUT2D eigenvalue weighted by Gasteiger charge is -2.34. The molecule has 0 fully saturated rings. The van der Waals surface area contributed by atoms with Gasteiger partial charge in [0.05, 0.1) is 29.8 Å². The van der Waals surface area contributed by atoms with Gasteiger partial charge in [0, 0.05) is 5.56 Å². The summed E-state index contributed by atoms with van der Waals surface area (Å²) in [6.45, 7) is 3.65. The molecular formula is C30H26N2O4. The molecule has 36 heavy (non-hydrogen) atoms. The van der Waals surface area contributed by atoms with Crippen LogP contribution in [0, 0.1) is 17.3 Å². The third-order valence-electron chi connectivity index (χ3n) is 6.93. The number of hydrogen-bond acceptors (Lipinski definition) is 5. The van der Waals surface area contributed by atoms with Crippen molar-refractivity contribution in [2.24, 2.45) is 22.4 Å². The van der Waals surface area contributed by atoms with Crippen molar-refractivity contribution in [1.82, 2.24) is 0 Å². The summed E-state index contributed by atoms with van der Waals surface area (Å²) in [7, 11) is 0. The van der Waals surface area contributed by atoms with E-state index in [1.54, 1.807) is 56.3 Å². The SMILES string of the molecule is CCOC(=O)[C@H]1C=C(c2ccccc2)[C@@]2(C(=O)N(c3ccccc3)N=C2C)[C@H]1C(=O)c1ccccc1. The summed E-state index contributed by atoms with van der Waals surface area (Å²) in [5.74, 6) is -3.18. The average molecular weight is 479 g/mol. The van der Waals surface area contributed by atoms with Crippen molar-refractivity contribution in [3.8, 4) is 0 Å². The smallest absolute Gasteiger partial charge is 0.313 e. The van der Waals surface area contributed by atoms with Crippen LogP contribution in [0.2, 0.25) is 0 Å². The lowest BCUT2D eigenvalue weighted by atomic mass is 9.64. The molecule has 3 atom stereocenters. The third-order valence-corrected chi connectivity index (χ3v) is 6.93. The maximum atomic E-state index is 14.5. The van der Waals surface area contributed by atoms with Crippen molar-refractivity contribution in [1.29, 1.82) is 0 Å². The number of carbonyl (C=O) groups is 3. The Morgan fingerprint density at radius 3 is 2.11 bits per heavy atom. The molecule has 1 spiro atoms. The molecule has 0 bridgehead atoms. The minimum absolute atomic E-state index is 0.167. The first-order valence-corrected chi connectivity index (χ1v) is 12.0. The van der Waals surface area contributed by atoms with E-state index in [0.29, 0.717) is 22.5 Å². The molecule has 1 amide bonds. The van der Waals surface area contributed by atoms with Gasteiger partial charge in [-0.15, -0.1) is 0 Å². The van der Waals surface area contributed by atoms with Crippen LogP contribution in [-0.4, -0.2) is 30.0 Å². The van der Waals surface area contributed by atoms with Gasteiger partial charge in [0.25, 0.3) is 5.91 Å². The third kappa shape index (κ3) is 3.57. The number of carbonyl (C=O) groups excluding carboxylic acids is 3. The Balaban J connectivity index is 1.75. The van der Waals surface area contributed by atoms with E-state index in [4.69, 9.17) is 4.74 Å². The molecule has 0 saturated carbocycles. The van der Waals surface area contributed by atoms with Crippen molar-refractivity contribution < 1.29 is 19.1 Å². The molecule has 5 rings (SSSR count). The monoisotopic (exact) mass is 478 g/mol. The zero-order valence-electron chi connectivity index (χ0n) is 20.1. The molecule has 0 unspecified atom stereocenters. The second-order valence-corrected chi connectivity index (χ2v) is 8.88. The lowest BCUT2D eigenvalue weighted by Crippen LogP contribution is -2.49. The van der Waals surface area contributed by atoms with E-state index in [-0.39, 0.29) is 18.3 Å². The Morgan fingerprint density at radius 2 is 1.50 bits per heavy atom. The van der Waals surface area contributed by atoms with Crippen LogP contribution in [0.15, 0.2) is 102 Å². The first-order chi connectivity index (χ1) is 17.5. The van der Waals surface area contributed by atoms with E-state index in [0.717, 1.165) is 5.56 Å². The fourth-order valence-corrected chi connectivity index (χ4v) is 5.38. The topological polar surface area (TPSA) is 76.0 Å². The molecule has 0 saturated heterocycles. The van der Waals surface area contributed by atoms with Crippen LogP contribution in [0.1, 0.15) is 29.8 Å². The van der Waals surface area contributed by atoms with Gasteiger partial charge in [-0.05, 0) is 37.1 Å². The maximum absolute atomic E-state index is 14.5. The van der Waals surface area contributed by atoms with Gasteiger partial charge in [-0.3, -0.25) is 14.4 Å². The molecule has 0 N–H and O–H groups in total. The molecule has 6 heteroatoms. The lowest BCUT2D eigenvalue weighted by molar-refractivity contribution is -0.147. The Labute approximate surface area is 209 Å². The number of amides is 1. The van der Waals surface area contributed by atoms with E-state index >= 15 is 0 Å². The summed E-state index contributed by atoms with van der Waals surface area (Å²) in [5, 5.41) is 6.02. The maximum Gasteiger partial charge on any atom is 0.313 e. The molecule has 6 nitrogen and oxygen atoms in total. The summed E-state index contributed by atoms with van der Waals surface area (Å²) in [6.07, 6.45) is 1.74. The van der Waals surface area contributed by atoms with Crippen LogP contribution < -0.4 is 5.01 Å². The number of nitrogens with zero attached hydrogens (tertiary/aromatic N) is 2. The highest BCUT2D eigenvalue weighted by molar-refractivity contribution is 6.30. The summed E-state index contributed by atoms with van der Waals surface area (Å²) >= 11 is 0. The highest BCUT2D eigenvalue weighted by Gasteiger charge is 2.65. The number of para-hydroxylation sites is 1. The van der Waals surface area contributed by atoms with Gasteiger partial charge in [-0.2, -0.15) is 10.1 Å². The van der Waals surface area contributed by atoms with Crippen molar-refractivity contribution in [3.05, 3.63) is 108 Å². The molecule has 180 valence electrons. The van der Waals surface area contributed by atoms with Crippen LogP contribution >= 0.6 is 0 Å². The standard InChI is InChI=1S/C30H26N2O4/c1-3-36-28(34)24-19-25(21-13-7-4-8-14-21)30(26(24)27(33)22-15-9-5-10-16-22)20(2)31-32(29(30)35)23-17-11-6-12-18-23/h4-19,24,26H,3H2,1-2H3/t24-,26+,30+/m0/s1.